The minimum Gasteiger partial charge on any atom is -0.347 e. The average Bonchev–Trinajstić information content (AvgIpc) is 3.01. The zero-order valence-electron chi connectivity index (χ0n) is 13.9. The molecule has 0 spiro atoms. The molecule has 1 aromatic carbocycles. The lowest BCUT2D eigenvalue weighted by Crippen LogP contribution is -2.40. The van der Waals surface area contributed by atoms with Crippen LogP contribution in [0.4, 0.5) is 0 Å². The Bertz CT molecular complexity index is 696. The number of imidazole rings is 1. The van der Waals surface area contributed by atoms with Crippen molar-refractivity contribution in [1.82, 2.24) is 19.8 Å². The van der Waals surface area contributed by atoms with Gasteiger partial charge in [-0.1, -0.05) is 30.3 Å². The Morgan fingerprint density at radius 1 is 1.12 bits per heavy atom. The molecule has 4 rings (SSSR count). The van der Waals surface area contributed by atoms with Gasteiger partial charge in [0.15, 0.2) is 0 Å². The molecule has 2 aliphatic rings. The molecule has 1 aromatic heterocycles. The van der Waals surface area contributed by atoms with Gasteiger partial charge in [0.1, 0.15) is 0 Å². The van der Waals surface area contributed by atoms with Crippen molar-refractivity contribution < 1.29 is 4.79 Å². The fraction of sp³-hybridized carbons (Fsp3) is 0.474. The highest BCUT2D eigenvalue weighted by molar-refractivity contribution is 5.76. The summed E-state index contributed by atoms with van der Waals surface area (Å²) in [6.07, 6.45) is 5.49. The van der Waals surface area contributed by atoms with E-state index in [-0.39, 0.29) is 0 Å². The Balaban J connectivity index is 1.40. The first kappa shape index (κ1) is 15.4. The first-order valence-corrected chi connectivity index (χ1v) is 8.86. The van der Waals surface area contributed by atoms with E-state index in [9.17, 15) is 4.79 Å². The summed E-state index contributed by atoms with van der Waals surface area (Å²) in [6.45, 7) is 3.57. The van der Waals surface area contributed by atoms with E-state index in [2.05, 4.69) is 27.0 Å². The van der Waals surface area contributed by atoms with E-state index in [1.165, 1.54) is 17.0 Å². The van der Waals surface area contributed by atoms with Crippen LogP contribution in [0, 0.1) is 0 Å². The van der Waals surface area contributed by atoms with Gasteiger partial charge in [0.25, 0.3) is 0 Å². The number of H-pyrrole nitrogens is 1. The van der Waals surface area contributed by atoms with Crippen molar-refractivity contribution in [3.63, 3.8) is 0 Å². The molecule has 5 nitrogen and oxygen atoms in total. The van der Waals surface area contributed by atoms with Gasteiger partial charge in [-0.15, -0.1) is 0 Å². The third kappa shape index (κ3) is 3.22. The molecule has 2 aromatic rings. The predicted molar refractivity (Wildman–Crippen MR) is 92.2 cm³/mol. The maximum atomic E-state index is 12.5. The third-order valence-corrected chi connectivity index (χ3v) is 5.31. The number of hydrogen-bond acceptors (Lipinski definition) is 3. The Kier molecular flexibility index (Phi) is 4.34. The second-order valence-electron chi connectivity index (χ2n) is 6.83. The number of aromatic nitrogens is 2. The highest BCUT2D eigenvalue weighted by atomic mass is 16.2. The molecular weight excluding hydrogens is 300 g/mol. The molecule has 3 heterocycles. The van der Waals surface area contributed by atoms with Crippen LogP contribution < -0.4 is 0 Å². The highest BCUT2D eigenvalue weighted by Crippen LogP contribution is 2.24. The molecule has 1 amide bonds. The second-order valence-corrected chi connectivity index (χ2v) is 6.83. The van der Waals surface area contributed by atoms with E-state index < -0.39 is 0 Å². The first-order chi connectivity index (χ1) is 11.8. The number of benzene rings is 1. The molecule has 2 aliphatic heterocycles. The number of nitrogens with zero attached hydrogens (tertiary/aromatic N) is 3. The van der Waals surface area contributed by atoms with Gasteiger partial charge in [0.05, 0.1) is 17.7 Å². The molecule has 5 heteroatoms. The van der Waals surface area contributed by atoms with Crippen molar-refractivity contribution in [2.75, 3.05) is 13.1 Å². The Hall–Kier alpha value is -2.14. The largest absolute Gasteiger partial charge is 0.347 e. The summed E-state index contributed by atoms with van der Waals surface area (Å²) in [5.41, 5.74) is 3.67. The molecular formula is C19H24N4O. The second kappa shape index (κ2) is 6.77. The van der Waals surface area contributed by atoms with Gasteiger partial charge in [0.2, 0.25) is 5.91 Å². The third-order valence-electron chi connectivity index (χ3n) is 5.31. The van der Waals surface area contributed by atoms with Crippen LogP contribution >= 0.6 is 0 Å². The van der Waals surface area contributed by atoms with Gasteiger partial charge in [-0.2, -0.15) is 0 Å². The molecule has 0 bridgehead atoms. The molecule has 0 saturated carbocycles. The van der Waals surface area contributed by atoms with E-state index in [1.807, 2.05) is 23.1 Å². The molecule has 0 radical (unpaired) electrons. The number of rotatable bonds is 3. The van der Waals surface area contributed by atoms with E-state index in [4.69, 9.17) is 0 Å². The zero-order chi connectivity index (χ0) is 16.4. The average molecular weight is 324 g/mol. The predicted octanol–water partition coefficient (Wildman–Crippen LogP) is 2.35. The molecule has 1 saturated heterocycles. The molecule has 0 unspecified atom stereocenters. The number of amides is 1. The van der Waals surface area contributed by atoms with Crippen LogP contribution in [0.5, 0.6) is 0 Å². The lowest BCUT2D eigenvalue weighted by atomic mass is 10.0. The first-order valence-electron chi connectivity index (χ1n) is 8.86. The van der Waals surface area contributed by atoms with Crippen LogP contribution in [0.25, 0.3) is 0 Å². The zero-order valence-corrected chi connectivity index (χ0v) is 13.9. The molecule has 126 valence electrons. The van der Waals surface area contributed by atoms with Crippen LogP contribution in [0.1, 0.15) is 36.2 Å². The number of carbonyl (C=O) groups excluding carboxylic acids is 1. The summed E-state index contributed by atoms with van der Waals surface area (Å²) in [7, 11) is 0. The lowest BCUT2D eigenvalue weighted by Gasteiger charge is -2.33. The fourth-order valence-corrected chi connectivity index (χ4v) is 3.90. The number of fused-ring (bicyclic) bond motifs is 1. The maximum Gasteiger partial charge on any atom is 0.222 e. The van der Waals surface area contributed by atoms with Crippen LogP contribution in [0.3, 0.4) is 0 Å². The van der Waals surface area contributed by atoms with Crippen LogP contribution in [0.2, 0.25) is 0 Å². The number of aromatic amines is 1. The summed E-state index contributed by atoms with van der Waals surface area (Å²) < 4.78 is 0. The molecule has 1 N–H and O–H groups in total. The van der Waals surface area contributed by atoms with Crippen molar-refractivity contribution in [2.45, 2.75) is 44.8 Å². The lowest BCUT2D eigenvalue weighted by molar-refractivity contribution is -0.131. The SMILES string of the molecule is O=C1CC[C@H](N2CCc3nc[nH]c3C2)CCN1Cc1ccccc1. The molecule has 1 atom stereocenters. The number of nitrogens with one attached hydrogen (secondary N) is 1. The van der Waals surface area contributed by atoms with Gasteiger partial charge in [0, 0.05) is 45.1 Å². The Morgan fingerprint density at radius 3 is 2.88 bits per heavy atom. The quantitative estimate of drug-likeness (QED) is 0.943. The van der Waals surface area contributed by atoms with Gasteiger partial charge >= 0.3 is 0 Å². The normalized spacial score (nSPS) is 22.2. The van der Waals surface area contributed by atoms with Crippen LogP contribution in [0.15, 0.2) is 36.7 Å². The van der Waals surface area contributed by atoms with Gasteiger partial charge in [-0.3, -0.25) is 9.69 Å². The Morgan fingerprint density at radius 2 is 2.00 bits per heavy atom. The Labute approximate surface area is 142 Å². The summed E-state index contributed by atoms with van der Waals surface area (Å²) in [6, 6.07) is 10.8. The van der Waals surface area contributed by atoms with Crippen LogP contribution in [-0.4, -0.2) is 44.8 Å². The minimum atomic E-state index is 0.292. The highest BCUT2D eigenvalue weighted by Gasteiger charge is 2.29. The van der Waals surface area contributed by atoms with E-state index in [1.54, 1.807) is 6.33 Å². The van der Waals surface area contributed by atoms with Gasteiger partial charge < -0.3 is 9.88 Å². The van der Waals surface area contributed by atoms with Crippen molar-refractivity contribution in [1.29, 1.82) is 0 Å². The van der Waals surface area contributed by atoms with Crippen molar-refractivity contribution in [2.24, 2.45) is 0 Å². The van der Waals surface area contributed by atoms with Crippen molar-refractivity contribution in [3.05, 3.63) is 53.6 Å². The maximum absolute atomic E-state index is 12.5. The van der Waals surface area contributed by atoms with E-state index in [0.717, 1.165) is 45.4 Å². The van der Waals surface area contributed by atoms with E-state index in [0.29, 0.717) is 18.4 Å². The monoisotopic (exact) mass is 324 g/mol. The number of carbonyl (C=O) groups is 1. The number of hydrogen-bond donors (Lipinski definition) is 1. The van der Waals surface area contributed by atoms with Crippen LogP contribution in [-0.2, 0) is 24.3 Å². The summed E-state index contributed by atoms with van der Waals surface area (Å²) in [5.74, 6) is 0.292. The summed E-state index contributed by atoms with van der Waals surface area (Å²) in [4.78, 5) is 24.7. The summed E-state index contributed by atoms with van der Waals surface area (Å²) >= 11 is 0. The van der Waals surface area contributed by atoms with Gasteiger partial charge in [-0.25, -0.2) is 4.98 Å². The van der Waals surface area contributed by atoms with Gasteiger partial charge in [-0.05, 0) is 18.4 Å². The molecule has 1 fully saturated rings. The van der Waals surface area contributed by atoms with Crippen molar-refractivity contribution in [3.8, 4) is 0 Å². The smallest absolute Gasteiger partial charge is 0.222 e. The van der Waals surface area contributed by atoms with E-state index >= 15 is 0 Å². The standard InChI is InChI=1S/C19H24N4O/c24-19-7-6-16(22-11-9-17-18(13-22)21-14-20-17)8-10-23(19)12-15-4-2-1-3-5-15/h1-5,14,16H,6-13H2,(H,20,21)/t16-/m0/s1. The fourth-order valence-electron chi connectivity index (χ4n) is 3.90. The summed E-state index contributed by atoms with van der Waals surface area (Å²) in [5, 5.41) is 0. The van der Waals surface area contributed by atoms with Crippen molar-refractivity contribution >= 4 is 5.91 Å². The topological polar surface area (TPSA) is 52.2 Å². The minimum absolute atomic E-state index is 0.292. The number of likely N-dealkylation sites (tertiary alicyclic amines) is 1. The molecule has 0 aliphatic carbocycles. The molecule has 24 heavy (non-hydrogen) atoms.